The normalized spacial score (nSPS) is 9.90. The lowest BCUT2D eigenvalue weighted by Crippen LogP contribution is -1.98. The highest BCUT2D eigenvalue weighted by Crippen LogP contribution is 2.21. The highest BCUT2D eigenvalue weighted by atomic mass is 19.1. The zero-order valence-electron chi connectivity index (χ0n) is 10.7. The van der Waals surface area contributed by atoms with Crippen LogP contribution in [0.4, 0.5) is 8.78 Å². The SMILES string of the molecule is COc1ccc(COc2cc(F)cc(F)c2)cc1C#N. The molecule has 2 aromatic carbocycles. The van der Waals surface area contributed by atoms with Crippen molar-refractivity contribution in [2.24, 2.45) is 0 Å². The fourth-order valence-corrected chi connectivity index (χ4v) is 1.71. The fraction of sp³-hybridized carbons (Fsp3) is 0.133. The third-order valence-corrected chi connectivity index (χ3v) is 2.63. The van der Waals surface area contributed by atoms with E-state index < -0.39 is 11.6 Å². The van der Waals surface area contributed by atoms with E-state index in [9.17, 15) is 8.78 Å². The molecule has 0 bridgehead atoms. The van der Waals surface area contributed by atoms with Gasteiger partial charge in [0.1, 0.15) is 35.8 Å². The summed E-state index contributed by atoms with van der Waals surface area (Å²) in [6.45, 7) is 0.0988. The first-order valence-electron chi connectivity index (χ1n) is 5.78. The number of nitriles is 1. The Morgan fingerprint density at radius 3 is 2.40 bits per heavy atom. The van der Waals surface area contributed by atoms with Gasteiger partial charge < -0.3 is 9.47 Å². The summed E-state index contributed by atoms with van der Waals surface area (Å²) in [6.07, 6.45) is 0. The molecule has 2 aromatic rings. The highest BCUT2D eigenvalue weighted by molar-refractivity contribution is 5.45. The summed E-state index contributed by atoms with van der Waals surface area (Å²) >= 11 is 0. The molecule has 0 N–H and O–H groups in total. The molecule has 3 nitrogen and oxygen atoms in total. The van der Waals surface area contributed by atoms with E-state index in [4.69, 9.17) is 14.7 Å². The van der Waals surface area contributed by atoms with Gasteiger partial charge in [-0.3, -0.25) is 0 Å². The van der Waals surface area contributed by atoms with E-state index in [1.807, 2.05) is 6.07 Å². The third-order valence-electron chi connectivity index (χ3n) is 2.63. The van der Waals surface area contributed by atoms with Gasteiger partial charge in [-0.1, -0.05) is 6.07 Å². The largest absolute Gasteiger partial charge is 0.495 e. The Morgan fingerprint density at radius 1 is 1.10 bits per heavy atom. The molecule has 0 unspecified atom stereocenters. The van der Waals surface area contributed by atoms with Crippen LogP contribution in [0.25, 0.3) is 0 Å². The molecule has 0 radical (unpaired) electrons. The van der Waals surface area contributed by atoms with Gasteiger partial charge in [-0.15, -0.1) is 0 Å². The van der Waals surface area contributed by atoms with Crippen molar-refractivity contribution in [3.63, 3.8) is 0 Å². The molecule has 0 aromatic heterocycles. The van der Waals surface area contributed by atoms with Crippen LogP contribution in [0, 0.1) is 23.0 Å². The quantitative estimate of drug-likeness (QED) is 0.858. The van der Waals surface area contributed by atoms with Crippen LogP contribution >= 0.6 is 0 Å². The third kappa shape index (κ3) is 3.23. The van der Waals surface area contributed by atoms with Crippen molar-refractivity contribution in [2.45, 2.75) is 6.61 Å². The van der Waals surface area contributed by atoms with Crippen molar-refractivity contribution in [3.05, 3.63) is 59.2 Å². The van der Waals surface area contributed by atoms with Gasteiger partial charge in [-0.2, -0.15) is 5.26 Å². The molecule has 0 saturated heterocycles. The van der Waals surface area contributed by atoms with Crippen LogP contribution in [0.15, 0.2) is 36.4 Å². The lowest BCUT2D eigenvalue weighted by Gasteiger charge is -2.08. The molecule has 2 rings (SSSR count). The standard InChI is InChI=1S/C15H11F2NO2/c1-19-15-3-2-10(4-11(15)8-18)9-20-14-6-12(16)5-13(17)7-14/h2-7H,9H2,1H3. The summed E-state index contributed by atoms with van der Waals surface area (Å²) in [5.41, 5.74) is 1.08. The number of ether oxygens (including phenoxy) is 2. The molecule has 0 aliphatic carbocycles. The second kappa shape index (κ2) is 6.02. The van der Waals surface area contributed by atoms with Crippen molar-refractivity contribution in [1.29, 1.82) is 5.26 Å². The molecule has 0 fully saturated rings. The molecule has 0 aliphatic heterocycles. The first kappa shape index (κ1) is 13.8. The van der Waals surface area contributed by atoms with Gasteiger partial charge in [0.25, 0.3) is 0 Å². The minimum Gasteiger partial charge on any atom is -0.495 e. The molecular weight excluding hydrogens is 264 g/mol. The van der Waals surface area contributed by atoms with Crippen LogP contribution in [0.1, 0.15) is 11.1 Å². The van der Waals surface area contributed by atoms with Crippen LogP contribution in [-0.2, 0) is 6.61 Å². The second-order valence-electron chi connectivity index (χ2n) is 4.04. The molecule has 0 heterocycles. The Labute approximate surface area is 115 Å². The van der Waals surface area contributed by atoms with Gasteiger partial charge in [-0.05, 0) is 17.7 Å². The Balaban J connectivity index is 2.13. The van der Waals surface area contributed by atoms with Crippen LogP contribution in [0.2, 0.25) is 0 Å². The summed E-state index contributed by atoms with van der Waals surface area (Å²) in [7, 11) is 1.47. The topological polar surface area (TPSA) is 42.2 Å². The van der Waals surface area contributed by atoms with Gasteiger partial charge in [0.2, 0.25) is 0 Å². The summed E-state index contributed by atoms with van der Waals surface area (Å²) in [5, 5.41) is 8.96. The number of hydrogen-bond donors (Lipinski definition) is 0. The van der Waals surface area contributed by atoms with E-state index in [0.29, 0.717) is 16.9 Å². The number of hydrogen-bond acceptors (Lipinski definition) is 3. The maximum absolute atomic E-state index is 13.0. The van der Waals surface area contributed by atoms with E-state index >= 15 is 0 Å². The summed E-state index contributed by atoms with van der Waals surface area (Å²) in [4.78, 5) is 0. The molecule has 0 atom stereocenters. The summed E-state index contributed by atoms with van der Waals surface area (Å²) < 4.78 is 36.3. The minimum atomic E-state index is -0.701. The Bertz CT molecular complexity index is 645. The molecule has 0 saturated carbocycles. The van der Waals surface area contributed by atoms with Crippen molar-refractivity contribution in [3.8, 4) is 17.6 Å². The van der Waals surface area contributed by atoms with Crippen LogP contribution in [0.5, 0.6) is 11.5 Å². The van der Waals surface area contributed by atoms with Gasteiger partial charge in [0.05, 0.1) is 12.7 Å². The molecule has 20 heavy (non-hydrogen) atoms. The van der Waals surface area contributed by atoms with Gasteiger partial charge >= 0.3 is 0 Å². The molecule has 0 aliphatic rings. The lowest BCUT2D eigenvalue weighted by atomic mass is 10.1. The van der Waals surface area contributed by atoms with Crippen LogP contribution < -0.4 is 9.47 Å². The van der Waals surface area contributed by atoms with Crippen molar-refractivity contribution < 1.29 is 18.3 Å². The maximum atomic E-state index is 13.0. The first-order chi connectivity index (χ1) is 9.62. The number of nitrogens with zero attached hydrogens (tertiary/aromatic N) is 1. The van der Waals surface area contributed by atoms with Crippen molar-refractivity contribution >= 4 is 0 Å². The molecule has 102 valence electrons. The number of benzene rings is 2. The highest BCUT2D eigenvalue weighted by Gasteiger charge is 2.05. The monoisotopic (exact) mass is 275 g/mol. The van der Waals surface area contributed by atoms with E-state index in [0.717, 1.165) is 18.2 Å². The molecule has 5 heteroatoms. The molecular formula is C15H11F2NO2. The first-order valence-corrected chi connectivity index (χ1v) is 5.78. The maximum Gasteiger partial charge on any atom is 0.136 e. The van der Waals surface area contributed by atoms with E-state index in [1.54, 1.807) is 18.2 Å². The van der Waals surface area contributed by atoms with Crippen molar-refractivity contribution in [2.75, 3.05) is 7.11 Å². The van der Waals surface area contributed by atoms with Crippen molar-refractivity contribution in [1.82, 2.24) is 0 Å². The van der Waals surface area contributed by atoms with Crippen LogP contribution in [-0.4, -0.2) is 7.11 Å². The Morgan fingerprint density at radius 2 is 1.80 bits per heavy atom. The minimum absolute atomic E-state index is 0.0943. The molecule has 0 spiro atoms. The smallest absolute Gasteiger partial charge is 0.136 e. The van der Waals surface area contributed by atoms with Gasteiger partial charge in [-0.25, -0.2) is 8.78 Å². The van der Waals surface area contributed by atoms with Crippen LogP contribution in [0.3, 0.4) is 0 Å². The zero-order valence-corrected chi connectivity index (χ0v) is 10.7. The Kier molecular flexibility index (Phi) is 4.16. The van der Waals surface area contributed by atoms with E-state index in [2.05, 4.69) is 0 Å². The fourth-order valence-electron chi connectivity index (χ4n) is 1.71. The number of halogens is 2. The average molecular weight is 275 g/mol. The lowest BCUT2D eigenvalue weighted by molar-refractivity contribution is 0.302. The Hall–Kier alpha value is -2.61. The zero-order chi connectivity index (χ0) is 14.5. The predicted molar refractivity (Wildman–Crippen MR) is 68.4 cm³/mol. The van der Waals surface area contributed by atoms with Gasteiger partial charge in [0.15, 0.2) is 0 Å². The second-order valence-corrected chi connectivity index (χ2v) is 4.04. The predicted octanol–water partition coefficient (Wildman–Crippen LogP) is 3.42. The summed E-state index contributed by atoms with van der Waals surface area (Å²) in [5.74, 6) is -0.843. The van der Waals surface area contributed by atoms with E-state index in [-0.39, 0.29) is 12.4 Å². The average Bonchev–Trinajstić information content (AvgIpc) is 2.43. The number of rotatable bonds is 4. The van der Waals surface area contributed by atoms with E-state index in [1.165, 1.54) is 7.11 Å². The molecule has 0 amide bonds. The van der Waals surface area contributed by atoms with Gasteiger partial charge in [0, 0.05) is 18.2 Å². The number of methoxy groups -OCH3 is 1. The summed E-state index contributed by atoms with van der Waals surface area (Å²) in [6, 6.07) is 9.93.